The Balaban J connectivity index is 1.52. The van der Waals surface area contributed by atoms with Crippen molar-refractivity contribution in [3.05, 3.63) is 47.9 Å². The van der Waals surface area contributed by atoms with Gasteiger partial charge in [0.2, 0.25) is 0 Å². The number of aromatic nitrogens is 1. The number of hydrogen-bond acceptors (Lipinski definition) is 5. The van der Waals surface area contributed by atoms with Crippen LogP contribution in [0.3, 0.4) is 0 Å². The molecule has 0 radical (unpaired) electrons. The van der Waals surface area contributed by atoms with Crippen LogP contribution in [0.5, 0.6) is 5.75 Å². The lowest BCUT2D eigenvalue weighted by Gasteiger charge is -2.27. The molecule has 0 unspecified atom stereocenters. The van der Waals surface area contributed by atoms with Crippen molar-refractivity contribution in [2.24, 2.45) is 0 Å². The lowest BCUT2D eigenvalue weighted by atomic mass is 10.1. The standard InChI is InChI=1S/C21H23N3O3/c1-14-17-12-16(26-2)7-8-18(17)27-20(14)21(25)23-15-6-9-19(22-13-15)24-10-4-3-5-11-24/h6-9,12-13H,3-5,10-11H2,1-2H3,(H,23,25). The molecule has 0 atom stereocenters. The largest absolute Gasteiger partial charge is 0.497 e. The molecule has 1 N–H and O–H groups in total. The van der Waals surface area contributed by atoms with E-state index in [1.54, 1.807) is 13.3 Å². The number of benzene rings is 1. The number of fused-ring (bicyclic) bond motifs is 1. The Morgan fingerprint density at radius 1 is 1.19 bits per heavy atom. The molecule has 1 fully saturated rings. The number of carbonyl (C=O) groups excluding carboxylic acids is 1. The third kappa shape index (κ3) is 3.47. The monoisotopic (exact) mass is 365 g/mol. The van der Waals surface area contributed by atoms with Gasteiger partial charge in [0.1, 0.15) is 17.2 Å². The quantitative estimate of drug-likeness (QED) is 0.743. The molecule has 3 aromatic rings. The highest BCUT2D eigenvalue weighted by atomic mass is 16.5. The molecule has 3 heterocycles. The number of anilines is 2. The second kappa shape index (κ2) is 7.31. The van der Waals surface area contributed by atoms with Gasteiger partial charge in [0.15, 0.2) is 5.76 Å². The van der Waals surface area contributed by atoms with Crippen molar-refractivity contribution in [1.82, 2.24) is 4.98 Å². The minimum Gasteiger partial charge on any atom is -0.497 e. The Labute approximate surface area is 158 Å². The number of nitrogens with one attached hydrogen (secondary N) is 1. The maximum absolute atomic E-state index is 12.7. The molecular formula is C21H23N3O3. The van der Waals surface area contributed by atoms with E-state index in [0.29, 0.717) is 17.0 Å². The number of amides is 1. The first kappa shape index (κ1) is 17.4. The highest BCUT2D eigenvalue weighted by molar-refractivity contribution is 6.06. The third-order valence-electron chi connectivity index (χ3n) is 5.04. The predicted octanol–water partition coefficient (Wildman–Crippen LogP) is 4.39. The molecule has 1 saturated heterocycles. The molecule has 6 heteroatoms. The van der Waals surface area contributed by atoms with Crippen LogP contribution in [0, 0.1) is 6.92 Å². The fourth-order valence-electron chi connectivity index (χ4n) is 3.50. The summed E-state index contributed by atoms with van der Waals surface area (Å²) in [5, 5.41) is 3.75. The summed E-state index contributed by atoms with van der Waals surface area (Å²) in [6.07, 6.45) is 5.39. The summed E-state index contributed by atoms with van der Waals surface area (Å²) in [5.74, 6) is 1.71. The van der Waals surface area contributed by atoms with E-state index < -0.39 is 0 Å². The van der Waals surface area contributed by atoms with Crippen molar-refractivity contribution in [3.8, 4) is 5.75 Å². The molecule has 6 nitrogen and oxygen atoms in total. The van der Waals surface area contributed by atoms with Gasteiger partial charge in [0.05, 0.1) is 19.0 Å². The average molecular weight is 365 g/mol. The zero-order chi connectivity index (χ0) is 18.8. The Bertz CT molecular complexity index is 957. The first-order chi connectivity index (χ1) is 13.2. The van der Waals surface area contributed by atoms with Gasteiger partial charge in [0, 0.05) is 24.0 Å². The first-order valence-electron chi connectivity index (χ1n) is 9.25. The van der Waals surface area contributed by atoms with E-state index in [2.05, 4.69) is 15.2 Å². The highest BCUT2D eigenvalue weighted by Crippen LogP contribution is 2.29. The van der Waals surface area contributed by atoms with Gasteiger partial charge in [-0.15, -0.1) is 0 Å². The highest BCUT2D eigenvalue weighted by Gasteiger charge is 2.19. The number of aryl methyl sites for hydroxylation is 1. The van der Waals surface area contributed by atoms with Crippen LogP contribution in [-0.4, -0.2) is 31.1 Å². The maximum Gasteiger partial charge on any atom is 0.291 e. The maximum atomic E-state index is 12.7. The number of methoxy groups -OCH3 is 1. The average Bonchev–Trinajstić information content (AvgIpc) is 3.05. The summed E-state index contributed by atoms with van der Waals surface area (Å²) in [5.41, 5.74) is 2.11. The zero-order valence-electron chi connectivity index (χ0n) is 15.6. The number of nitrogens with zero attached hydrogens (tertiary/aromatic N) is 2. The van der Waals surface area contributed by atoms with Crippen molar-refractivity contribution in [2.75, 3.05) is 30.4 Å². The van der Waals surface area contributed by atoms with Crippen LogP contribution in [0.2, 0.25) is 0 Å². The molecule has 140 valence electrons. The predicted molar refractivity (Wildman–Crippen MR) is 106 cm³/mol. The van der Waals surface area contributed by atoms with Crippen molar-refractivity contribution < 1.29 is 13.9 Å². The van der Waals surface area contributed by atoms with Crippen LogP contribution in [0.1, 0.15) is 35.4 Å². The van der Waals surface area contributed by atoms with Gasteiger partial charge in [-0.25, -0.2) is 4.98 Å². The van der Waals surface area contributed by atoms with E-state index in [-0.39, 0.29) is 5.91 Å². The summed E-state index contributed by atoms with van der Waals surface area (Å²) >= 11 is 0. The molecule has 0 saturated carbocycles. The number of hydrogen-bond donors (Lipinski definition) is 1. The van der Waals surface area contributed by atoms with E-state index in [4.69, 9.17) is 9.15 Å². The van der Waals surface area contributed by atoms with Gasteiger partial charge in [-0.05, 0) is 56.5 Å². The minimum absolute atomic E-state index is 0.282. The summed E-state index contributed by atoms with van der Waals surface area (Å²) in [6, 6.07) is 9.34. The van der Waals surface area contributed by atoms with Crippen LogP contribution in [0.4, 0.5) is 11.5 Å². The van der Waals surface area contributed by atoms with Crippen molar-refractivity contribution in [3.63, 3.8) is 0 Å². The molecule has 1 aromatic carbocycles. The van der Waals surface area contributed by atoms with Crippen molar-refractivity contribution in [1.29, 1.82) is 0 Å². The Morgan fingerprint density at radius 3 is 2.70 bits per heavy atom. The molecule has 4 rings (SSSR count). The van der Waals surface area contributed by atoms with Gasteiger partial charge >= 0.3 is 0 Å². The molecular weight excluding hydrogens is 342 g/mol. The first-order valence-corrected chi connectivity index (χ1v) is 9.25. The van der Waals surface area contributed by atoms with E-state index in [1.165, 1.54) is 19.3 Å². The molecule has 27 heavy (non-hydrogen) atoms. The van der Waals surface area contributed by atoms with Crippen molar-refractivity contribution >= 4 is 28.4 Å². The summed E-state index contributed by atoms with van der Waals surface area (Å²) in [6.45, 7) is 3.96. The molecule has 2 aromatic heterocycles. The van der Waals surface area contributed by atoms with E-state index >= 15 is 0 Å². The SMILES string of the molecule is COc1ccc2oc(C(=O)Nc3ccc(N4CCCCC4)nc3)c(C)c2c1. The smallest absolute Gasteiger partial charge is 0.291 e. The third-order valence-corrected chi connectivity index (χ3v) is 5.04. The van der Waals surface area contributed by atoms with Crippen LogP contribution >= 0.6 is 0 Å². The topological polar surface area (TPSA) is 67.6 Å². The van der Waals surface area contributed by atoms with Gasteiger partial charge in [-0.1, -0.05) is 0 Å². The van der Waals surface area contributed by atoms with Crippen LogP contribution in [-0.2, 0) is 0 Å². The normalized spacial score (nSPS) is 14.4. The fraction of sp³-hybridized carbons (Fsp3) is 0.333. The number of carbonyl (C=O) groups is 1. The van der Waals surface area contributed by atoms with Gasteiger partial charge < -0.3 is 19.4 Å². The Hall–Kier alpha value is -3.02. The zero-order valence-corrected chi connectivity index (χ0v) is 15.6. The lowest BCUT2D eigenvalue weighted by molar-refractivity contribution is 0.0998. The number of furan rings is 1. The number of ether oxygens (including phenoxy) is 1. The van der Waals surface area contributed by atoms with E-state index in [0.717, 1.165) is 35.6 Å². The Kier molecular flexibility index (Phi) is 4.71. The molecule has 0 bridgehead atoms. The molecule has 1 aliphatic rings. The van der Waals surface area contributed by atoms with E-state index in [9.17, 15) is 4.79 Å². The van der Waals surface area contributed by atoms with Gasteiger partial charge in [0.25, 0.3) is 5.91 Å². The summed E-state index contributed by atoms with van der Waals surface area (Å²) in [4.78, 5) is 19.5. The minimum atomic E-state index is -0.282. The second-order valence-corrected chi connectivity index (χ2v) is 6.83. The van der Waals surface area contributed by atoms with Gasteiger partial charge in [-0.3, -0.25) is 4.79 Å². The van der Waals surface area contributed by atoms with Crippen LogP contribution in [0.15, 0.2) is 40.9 Å². The fourth-order valence-corrected chi connectivity index (χ4v) is 3.50. The number of rotatable bonds is 4. The van der Waals surface area contributed by atoms with Crippen LogP contribution in [0.25, 0.3) is 11.0 Å². The molecule has 0 spiro atoms. The van der Waals surface area contributed by atoms with Crippen LogP contribution < -0.4 is 15.0 Å². The number of piperidine rings is 1. The number of pyridine rings is 1. The van der Waals surface area contributed by atoms with E-state index in [1.807, 2.05) is 37.3 Å². The Morgan fingerprint density at radius 2 is 2.00 bits per heavy atom. The summed E-state index contributed by atoms with van der Waals surface area (Å²) in [7, 11) is 1.62. The lowest BCUT2D eigenvalue weighted by Crippen LogP contribution is -2.30. The molecule has 1 amide bonds. The van der Waals surface area contributed by atoms with Crippen molar-refractivity contribution in [2.45, 2.75) is 26.2 Å². The second-order valence-electron chi connectivity index (χ2n) is 6.83. The van der Waals surface area contributed by atoms with Gasteiger partial charge in [-0.2, -0.15) is 0 Å². The molecule has 0 aliphatic carbocycles. The summed E-state index contributed by atoms with van der Waals surface area (Å²) < 4.78 is 11.0. The molecule has 1 aliphatic heterocycles.